The van der Waals surface area contributed by atoms with Crippen LogP contribution in [0.2, 0.25) is 0 Å². The molecule has 0 bridgehead atoms. The molecule has 0 rings (SSSR count). The normalized spacial score (nSPS) is 13.2. The Morgan fingerprint density at radius 3 is 1.48 bits per heavy atom. The van der Waals surface area contributed by atoms with Crippen molar-refractivity contribution in [3.8, 4) is 0 Å². The molecule has 9 nitrogen and oxygen atoms in total. The van der Waals surface area contributed by atoms with E-state index in [1.54, 1.807) is 0 Å². The third kappa shape index (κ3) is 19.2. The molecule has 0 aliphatic rings. The molecule has 0 aliphatic carbocycles. The van der Waals surface area contributed by atoms with Gasteiger partial charge in [0.05, 0.1) is 0 Å². The average molecular weight is 450 g/mol. The van der Waals surface area contributed by atoms with Gasteiger partial charge in [-0.3, -0.25) is 4.90 Å². The van der Waals surface area contributed by atoms with E-state index in [0.29, 0.717) is 6.54 Å². The zero-order valence-electron chi connectivity index (χ0n) is 19.0. The highest BCUT2D eigenvalue weighted by atomic mass is 16.6. The number of rotatable bonds is 21. The van der Waals surface area contributed by atoms with Crippen LogP contribution in [0.3, 0.4) is 0 Å². The van der Waals surface area contributed by atoms with Gasteiger partial charge in [0.25, 0.3) is 0 Å². The van der Waals surface area contributed by atoms with Crippen LogP contribution in [0.4, 0.5) is 0 Å². The van der Waals surface area contributed by atoms with Gasteiger partial charge < -0.3 is 29.9 Å². The van der Waals surface area contributed by atoms with Gasteiger partial charge in [0.15, 0.2) is 0 Å². The summed E-state index contributed by atoms with van der Waals surface area (Å²) in [4.78, 5) is 23.9. The number of nitrogens with zero attached hydrogens (tertiary/aromatic N) is 1. The van der Waals surface area contributed by atoms with Gasteiger partial charge >= 0.3 is 11.9 Å². The van der Waals surface area contributed by atoms with Gasteiger partial charge in [-0.25, -0.2) is 9.59 Å². The number of carbonyl (C=O) groups is 2. The summed E-state index contributed by atoms with van der Waals surface area (Å²) in [6, 6.07) is 0. The standard InChI is InChI=1S/C22H43NO8/c1-2-3-4-5-6-7-8-9-10-11-12-23(13-19(26)17-30-21(28)15-24)14-20(27)18-31-22(29)16-25/h19-20,24-27H,2-18H2,1H3. The first-order chi connectivity index (χ1) is 14.9. The van der Waals surface area contributed by atoms with Gasteiger partial charge in [0, 0.05) is 13.1 Å². The fraction of sp³-hybridized carbons (Fsp3) is 0.909. The number of hydrogen-bond acceptors (Lipinski definition) is 9. The second-order valence-corrected chi connectivity index (χ2v) is 7.93. The van der Waals surface area contributed by atoms with E-state index in [2.05, 4.69) is 6.92 Å². The molecular weight excluding hydrogens is 406 g/mol. The molecule has 0 saturated carbocycles. The lowest BCUT2D eigenvalue weighted by Crippen LogP contribution is -2.42. The van der Waals surface area contributed by atoms with Crippen molar-refractivity contribution in [1.82, 2.24) is 4.90 Å². The van der Waals surface area contributed by atoms with Crippen LogP contribution in [0.5, 0.6) is 0 Å². The molecule has 0 aromatic carbocycles. The molecule has 184 valence electrons. The van der Waals surface area contributed by atoms with Crippen LogP contribution < -0.4 is 0 Å². The minimum absolute atomic E-state index is 0.168. The predicted octanol–water partition coefficient (Wildman–Crippen LogP) is 1.00. The van der Waals surface area contributed by atoms with Gasteiger partial charge in [-0.1, -0.05) is 64.7 Å². The summed E-state index contributed by atoms with van der Waals surface area (Å²) in [6.07, 6.45) is 10.0. The SMILES string of the molecule is CCCCCCCCCCCCN(CC(O)COC(=O)CO)CC(O)COC(=O)CO. The van der Waals surface area contributed by atoms with Crippen molar-refractivity contribution in [2.75, 3.05) is 46.1 Å². The molecule has 0 spiro atoms. The third-order valence-corrected chi connectivity index (χ3v) is 4.90. The molecular formula is C22H43NO8. The summed E-state index contributed by atoms with van der Waals surface area (Å²) in [5, 5.41) is 37.5. The lowest BCUT2D eigenvalue weighted by Gasteiger charge is -2.27. The lowest BCUT2D eigenvalue weighted by molar-refractivity contribution is -0.150. The maximum Gasteiger partial charge on any atom is 0.331 e. The minimum atomic E-state index is -0.967. The van der Waals surface area contributed by atoms with Crippen LogP contribution in [0.1, 0.15) is 71.1 Å². The second-order valence-electron chi connectivity index (χ2n) is 7.93. The minimum Gasteiger partial charge on any atom is -0.461 e. The summed E-state index contributed by atoms with van der Waals surface area (Å²) >= 11 is 0. The Morgan fingerprint density at radius 2 is 1.10 bits per heavy atom. The third-order valence-electron chi connectivity index (χ3n) is 4.90. The summed E-state index contributed by atoms with van der Waals surface area (Å²) in [5.74, 6) is -1.62. The Bertz CT molecular complexity index is 421. The molecule has 0 amide bonds. The predicted molar refractivity (Wildman–Crippen MR) is 116 cm³/mol. The van der Waals surface area contributed by atoms with Crippen LogP contribution in [0, 0.1) is 0 Å². The van der Waals surface area contributed by atoms with Gasteiger partial charge in [0.1, 0.15) is 38.6 Å². The Labute approximate surface area is 186 Å². The zero-order valence-corrected chi connectivity index (χ0v) is 19.0. The first-order valence-electron chi connectivity index (χ1n) is 11.5. The molecule has 0 radical (unpaired) electrons. The van der Waals surface area contributed by atoms with E-state index in [1.807, 2.05) is 4.90 Å². The van der Waals surface area contributed by atoms with Crippen LogP contribution >= 0.6 is 0 Å². The first-order valence-corrected chi connectivity index (χ1v) is 11.5. The number of ether oxygens (including phenoxy) is 2. The molecule has 0 fully saturated rings. The topological polar surface area (TPSA) is 137 Å². The molecule has 2 atom stereocenters. The second kappa shape index (κ2) is 20.6. The molecule has 4 N–H and O–H groups in total. The highest BCUT2D eigenvalue weighted by Gasteiger charge is 2.18. The van der Waals surface area contributed by atoms with Crippen LogP contribution in [0.25, 0.3) is 0 Å². The molecule has 0 aliphatic heterocycles. The van der Waals surface area contributed by atoms with Crippen molar-refractivity contribution in [2.24, 2.45) is 0 Å². The summed E-state index contributed by atoms with van der Waals surface area (Å²) in [5.41, 5.74) is 0. The van der Waals surface area contributed by atoms with E-state index in [1.165, 1.54) is 44.9 Å². The average Bonchev–Trinajstić information content (AvgIpc) is 2.76. The number of aliphatic hydroxyl groups excluding tert-OH is 4. The zero-order chi connectivity index (χ0) is 23.3. The summed E-state index contributed by atoms with van der Waals surface area (Å²) in [6.45, 7) is 1.19. The van der Waals surface area contributed by atoms with Crippen LogP contribution in [-0.4, -0.2) is 95.5 Å². The molecule has 0 saturated heterocycles. The molecule has 0 aromatic rings. The Kier molecular flexibility index (Phi) is 19.8. The van der Waals surface area contributed by atoms with E-state index in [9.17, 15) is 19.8 Å². The van der Waals surface area contributed by atoms with Crippen molar-refractivity contribution in [1.29, 1.82) is 0 Å². The first kappa shape index (κ1) is 29.7. The van der Waals surface area contributed by atoms with Crippen LogP contribution in [0.15, 0.2) is 0 Å². The maximum atomic E-state index is 11.0. The lowest BCUT2D eigenvalue weighted by atomic mass is 10.1. The van der Waals surface area contributed by atoms with Crippen LogP contribution in [-0.2, 0) is 19.1 Å². The van der Waals surface area contributed by atoms with Gasteiger partial charge in [0.2, 0.25) is 0 Å². The fourth-order valence-corrected chi connectivity index (χ4v) is 3.25. The van der Waals surface area contributed by atoms with Crippen molar-refractivity contribution >= 4 is 11.9 Å². The van der Waals surface area contributed by atoms with E-state index in [4.69, 9.17) is 19.7 Å². The summed E-state index contributed by atoms with van der Waals surface area (Å²) < 4.78 is 9.46. The molecule has 31 heavy (non-hydrogen) atoms. The van der Waals surface area contributed by atoms with E-state index < -0.39 is 37.4 Å². The Hall–Kier alpha value is -1.26. The quantitative estimate of drug-likeness (QED) is 0.149. The Balaban J connectivity index is 4.24. The largest absolute Gasteiger partial charge is 0.461 e. The summed E-state index contributed by atoms with van der Waals surface area (Å²) in [7, 11) is 0. The molecule has 2 unspecified atom stereocenters. The monoisotopic (exact) mass is 449 g/mol. The highest BCUT2D eigenvalue weighted by molar-refractivity contribution is 5.70. The van der Waals surface area contributed by atoms with Crippen molar-refractivity contribution in [3.63, 3.8) is 0 Å². The van der Waals surface area contributed by atoms with E-state index >= 15 is 0 Å². The van der Waals surface area contributed by atoms with Gasteiger partial charge in [-0.2, -0.15) is 0 Å². The van der Waals surface area contributed by atoms with E-state index in [-0.39, 0.29) is 26.3 Å². The van der Waals surface area contributed by atoms with E-state index in [0.717, 1.165) is 19.3 Å². The highest BCUT2D eigenvalue weighted by Crippen LogP contribution is 2.11. The molecule has 0 heterocycles. The number of esters is 2. The van der Waals surface area contributed by atoms with Gasteiger partial charge in [-0.05, 0) is 13.0 Å². The van der Waals surface area contributed by atoms with Gasteiger partial charge in [-0.15, -0.1) is 0 Å². The van der Waals surface area contributed by atoms with Crippen molar-refractivity contribution in [2.45, 2.75) is 83.3 Å². The maximum absolute atomic E-state index is 11.0. The Morgan fingerprint density at radius 1 is 0.710 bits per heavy atom. The van der Waals surface area contributed by atoms with Crippen molar-refractivity contribution in [3.05, 3.63) is 0 Å². The number of hydrogen-bond donors (Lipinski definition) is 4. The fourth-order valence-electron chi connectivity index (χ4n) is 3.25. The molecule has 0 aromatic heterocycles. The smallest absolute Gasteiger partial charge is 0.331 e. The molecule has 9 heteroatoms. The number of aliphatic hydroxyl groups is 4. The number of carbonyl (C=O) groups excluding carboxylic acids is 2. The number of unbranched alkanes of at least 4 members (excludes halogenated alkanes) is 9. The van der Waals surface area contributed by atoms with Crippen molar-refractivity contribution < 1.29 is 39.5 Å².